The number of H-pyrrole nitrogens is 1. The van der Waals surface area contributed by atoms with Crippen molar-refractivity contribution in [2.24, 2.45) is 0 Å². The van der Waals surface area contributed by atoms with Gasteiger partial charge in [-0.25, -0.2) is 4.98 Å². The molecule has 0 unspecified atom stereocenters. The Morgan fingerprint density at radius 3 is 2.79 bits per heavy atom. The first-order valence-electron chi connectivity index (χ1n) is 10.9. The average molecular weight is 447 g/mol. The van der Waals surface area contributed by atoms with Crippen LogP contribution in [0.1, 0.15) is 16.7 Å². The number of fused-ring (bicyclic) bond motifs is 2. The van der Waals surface area contributed by atoms with E-state index in [1.54, 1.807) is 24.6 Å². The van der Waals surface area contributed by atoms with Crippen molar-refractivity contribution in [2.45, 2.75) is 13.5 Å². The molecule has 2 aromatic heterocycles. The Labute approximate surface area is 191 Å². The predicted octanol–water partition coefficient (Wildman–Crippen LogP) is 3.06. The van der Waals surface area contributed by atoms with E-state index in [0.717, 1.165) is 39.0 Å². The maximum Gasteiger partial charge on any atom is 0.246 e. The SMILES string of the molecule is C=CC(=O)N1CCN(C2=CN(OC)Cc3c2ccnc3Oc2c(C)ccc3[nH]ncc23)CC1. The number of rotatable bonds is 5. The van der Waals surface area contributed by atoms with Gasteiger partial charge < -0.3 is 14.5 Å². The molecule has 2 aliphatic rings. The van der Waals surface area contributed by atoms with Crippen molar-refractivity contribution in [3.8, 4) is 11.6 Å². The predicted molar refractivity (Wildman–Crippen MR) is 124 cm³/mol. The van der Waals surface area contributed by atoms with Gasteiger partial charge in [-0.15, -0.1) is 0 Å². The second kappa shape index (κ2) is 8.59. The molecule has 170 valence electrons. The number of hydrogen-bond donors (Lipinski definition) is 1. The third-order valence-electron chi connectivity index (χ3n) is 6.18. The minimum Gasteiger partial charge on any atom is -0.438 e. The minimum atomic E-state index is -0.0325. The first-order valence-corrected chi connectivity index (χ1v) is 10.9. The summed E-state index contributed by atoms with van der Waals surface area (Å²) in [6, 6.07) is 6.00. The number of piperazine rings is 1. The van der Waals surface area contributed by atoms with Crippen LogP contribution >= 0.6 is 0 Å². The Kier molecular flexibility index (Phi) is 5.47. The van der Waals surface area contributed by atoms with Gasteiger partial charge in [-0.3, -0.25) is 19.8 Å². The molecule has 1 fully saturated rings. The highest BCUT2D eigenvalue weighted by molar-refractivity contribution is 5.87. The van der Waals surface area contributed by atoms with Crippen LogP contribution in [-0.4, -0.2) is 69.2 Å². The number of nitrogens with one attached hydrogen (secondary N) is 1. The van der Waals surface area contributed by atoms with E-state index in [1.807, 2.05) is 36.2 Å². The summed E-state index contributed by atoms with van der Waals surface area (Å²) in [4.78, 5) is 26.2. The number of benzene rings is 1. The van der Waals surface area contributed by atoms with E-state index in [2.05, 4.69) is 26.7 Å². The fourth-order valence-electron chi connectivity index (χ4n) is 4.36. The topological polar surface area (TPSA) is 86.8 Å². The maximum atomic E-state index is 12.0. The van der Waals surface area contributed by atoms with Gasteiger partial charge in [-0.1, -0.05) is 12.6 Å². The number of carbonyl (C=O) groups is 1. The van der Waals surface area contributed by atoms with E-state index < -0.39 is 0 Å². The summed E-state index contributed by atoms with van der Waals surface area (Å²) in [5.74, 6) is 1.24. The maximum absolute atomic E-state index is 12.0. The van der Waals surface area contributed by atoms with Gasteiger partial charge in [0.25, 0.3) is 0 Å². The Morgan fingerprint density at radius 1 is 1.21 bits per heavy atom. The van der Waals surface area contributed by atoms with Crippen LogP contribution in [0.5, 0.6) is 11.6 Å². The van der Waals surface area contributed by atoms with Crippen LogP contribution in [0.3, 0.4) is 0 Å². The van der Waals surface area contributed by atoms with Gasteiger partial charge in [-0.05, 0) is 30.7 Å². The summed E-state index contributed by atoms with van der Waals surface area (Å²) in [6.07, 6.45) is 6.91. The van der Waals surface area contributed by atoms with E-state index in [4.69, 9.17) is 9.57 Å². The number of aryl methyl sites for hydroxylation is 1. The van der Waals surface area contributed by atoms with E-state index in [0.29, 0.717) is 38.6 Å². The number of aromatic amines is 1. The largest absolute Gasteiger partial charge is 0.438 e. The summed E-state index contributed by atoms with van der Waals surface area (Å²) < 4.78 is 6.41. The van der Waals surface area contributed by atoms with Crippen LogP contribution in [0.4, 0.5) is 0 Å². The molecule has 3 aromatic rings. The fourth-order valence-corrected chi connectivity index (χ4v) is 4.36. The molecule has 2 aliphatic heterocycles. The lowest BCUT2D eigenvalue weighted by Crippen LogP contribution is -2.48. The molecule has 9 nitrogen and oxygen atoms in total. The molecule has 9 heteroatoms. The highest BCUT2D eigenvalue weighted by atomic mass is 16.7. The zero-order valence-electron chi connectivity index (χ0n) is 18.7. The fraction of sp³-hybridized carbons (Fsp3) is 0.292. The third-order valence-corrected chi connectivity index (χ3v) is 6.18. The zero-order valence-corrected chi connectivity index (χ0v) is 18.7. The summed E-state index contributed by atoms with van der Waals surface area (Å²) in [7, 11) is 1.65. The van der Waals surface area contributed by atoms with E-state index in [-0.39, 0.29) is 5.91 Å². The molecule has 1 N–H and O–H groups in total. The monoisotopic (exact) mass is 446 g/mol. The van der Waals surface area contributed by atoms with Crippen molar-refractivity contribution < 1.29 is 14.4 Å². The van der Waals surface area contributed by atoms with Gasteiger partial charge in [0.05, 0.1) is 42.7 Å². The van der Waals surface area contributed by atoms with Gasteiger partial charge in [0.2, 0.25) is 11.8 Å². The van der Waals surface area contributed by atoms with Crippen molar-refractivity contribution >= 4 is 22.5 Å². The first-order chi connectivity index (χ1) is 16.1. The first kappa shape index (κ1) is 21.0. The minimum absolute atomic E-state index is 0.0325. The van der Waals surface area contributed by atoms with Gasteiger partial charge in [0.15, 0.2) is 0 Å². The third kappa shape index (κ3) is 3.80. The van der Waals surface area contributed by atoms with Crippen molar-refractivity contribution in [1.29, 1.82) is 0 Å². The number of hydrogen-bond acceptors (Lipinski definition) is 7. The molecule has 1 saturated heterocycles. The number of ether oxygens (including phenoxy) is 1. The van der Waals surface area contributed by atoms with Crippen LogP contribution in [0, 0.1) is 6.92 Å². The quantitative estimate of drug-likeness (QED) is 0.603. The normalized spacial score (nSPS) is 15.9. The van der Waals surface area contributed by atoms with Gasteiger partial charge in [-0.2, -0.15) is 5.10 Å². The lowest BCUT2D eigenvalue weighted by molar-refractivity contribution is -0.127. The highest BCUT2D eigenvalue weighted by Gasteiger charge is 2.29. The number of amides is 1. The Bertz CT molecular complexity index is 1240. The number of nitrogens with zero attached hydrogens (tertiary/aromatic N) is 5. The molecule has 0 bridgehead atoms. The number of pyridine rings is 1. The zero-order chi connectivity index (χ0) is 22.9. The molecule has 0 radical (unpaired) electrons. The van der Waals surface area contributed by atoms with Crippen LogP contribution in [0.25, 0.3) is 16.6 Å². The Hall–Kier alpha value is -3.85. The summed E-state index contributed by atoms with van der Waals surface area (Å²) in [5, 5.41) is 9.83. The molecule has 0 spiro atoms. The molecule has 33 heavy (non-hydrogen) atoms. The molecular weight excluding hydrogens is 420 g/mol. The molecule has 1 aromatic carbocycles. The number of carbonyl (C=O) groups excluding carboxylic acids is 1. The average Bonchev–Trinajstić information content (AvgIpc) is 3.34. The van der Waals surface area contributed by atoms with Crippen LogP contribution < -0.4 is 4.74 Å². The lowest BCUT2D eigenvalue weighted by Gasteiger charge is -2.39. The lowest BCUT2D eigenvalue weighted by atomic mass is 10.0. The second-order valence-corrected chi connectivity index (χ2v) is 8.08. The van der Waals surface area contributed by atoms with Gasteiger partial charge >= 0.3 is 0 Å². The van der Waals surface area contributed by atoms with E-state index >= 15 is 0 Å². The molecule has 1 amide bonds. The second-order valence-electron chi connectivity index (χ2n) is 8.08. The molecule has 4 heterocycles. The molecule has 0 saturated carbocycles. The Balaban J connectivity index is 1.49. The smallest absolute Gasteiger partial charge is 0.246 e. The molecular formula is C24H26N6O3. The van der Waals surface area contributed by atoms with Gasteiger partial charge in [0, 0.05) is 43.5 Å². The molecule has 0 atom stereocenters. The Morgan fingerprint density at radius 2 is 2.03 bits per heavy atom. The number of hydroxylamine groups is 2. The van der Waals surface area contributed by atoms with Crippen molar-refractivity contribution in [2.75, 3.05) is 33.3 Å². The summed E-state index contributed by atoms with van der Waals surface area (Å²) in [6.45, 7) is 8.82. The van der Waals surface area contributed by atoms with Gasteiger partial charge in [0.1, 0.15) is 5.75 Å². The van der Waals surface area contributed by atoms with Crippen LogP contribution in [-0.2, 0) is 16.2 Å². The molecule has 0 aliphatic carbocycles. The highest BCUT2D eigenvalue weighted by Crippen LogP contribution is 2.38. The standard InChI is InChI=1S/C24H26N6O3/c1-4-22(31)29-11-9-28(10-12-29)21-15-30(32-3)14-19-17(21)7-8-25-24(19)33-23-16(2)5-6-20-18(23)13-26-27-20/h4-8,13,15H,1,9-12,14H2,2-3H3,(H,26,27). The van der Waals surface area contributed by atoms with Crippen molar-refractivity contribution in [1.82, 2.24) is 30.0 Å². The van der Waals surface area contributed by atoms with E-state index in [1.165, 1.54) is 6.08 Å². The van der Waals surface area contributed by atoms with Crippen LogP contribution in [0.2, 0.25) is 0 Å². The van der Waals surface area contributed by atoms with E-state index in [9.17, 15) is 4.79 Å². The number of aromatic nitrogens is 3. The van der Waals surface area contributed by atoms with Crippen molar-refractivity contribution in [3.63, 3.8) is 0 Å². The van der Waals surface area contributed by atoms with Crippen LogP contribution in [0.15, 0.2) is 49.4 Å². The summed E-state index contributed by atoms with van der Waals surface area (Å²) in [5.41, 5.74) is 4.93. The van der Waals surface area contributed by atoms with Crippen molar-refractivity contribution in [3.05, 3.63) is 66.1 Å². The summed E-state index contributed by atoms with van der Waals surface area (Å²) >= 11 is 0. The molecule has 5 rings (SSSR count).